The molecule has 0 radical (unpaired) electrons. The summed E-state index contributed by atoms with van der Waals surface area (Å²) in [6.07, 6.45) is 1.97. The summed E-state index contributed by atoms with van der Waals surface area (Å²) < 4.78 is 5.67. The highest BCUT2D eigenvalue weighted by atomic mass is 16.5. The standard InChI is InChI=1S/C12H14O2/c13-8-12-6-11(7-12,9-14-12)10-4-2-1-3-5-10/h1-5,13H,6-9H2. The van der Waals surface area contributed by atoms with Crippen molar-refractivity contribution in [1.29, 1.82) is 0 Å². The molecular weight excluding hydrogens is 176 g/mol. The van der Waals surface area contributed by atoms with Crippen LogP contribution in [0.4, 0.5) is 0 Å². The molecule has 4 rings (SSSR count). The van der Waals surface area contributed by atoms with Gasteiger partial charge in [-0.15, -0.1) is 0 Å². The summed E-state index contributed by atoms with van der Waals surface area (Å²) in [5.74, 6) is 0. The first-order valence-corrected chi connectivity index (χ1v) is 5.09. The highest BCUT2D eigenvalue weighted by molar-refractivity contribution is 5.34. The van der Waals surface area contributed by atoms with Crippen LogP contribution >= 0.6 is 0 Å². The second-order valence-corrected chi connectivity index (χ2v) is 4.63. The maximum Gasteiger partial charge on any atom is 0.0931 e. The van der Waals surface area contributed by atoms with Gasteiger partial charge in [-0.25, -0.2) is 0 Å². The third kappa shape index (κ3) is 0.928. The maximum absolute atomic E-state index is 9.20. The smallest absolute Gasteiger partial charge is 0.0931 e. The Hall–Kier alpha value is -0.860. The highest BCUT2D eigenvalue weighted by Gasteiger charge is 2.62. The van der Waals surface area contributed by atoms with Gasteiger partial charge in [0.1, 0.15) is 0 Å². The van der Waals surface area contributed by atoms with Crippen molar-refractivity contribution in [2.24, 2.45) is 0 Å². The number of benzene rings is 1. The molecule has 0 amide bonds. The lowest BCUT2D eigenvalue weighted by Gasteiger charge is -2.43. The Bertz CT molecular complexity index is 339. The molecule has 0 spiro atoms. The van der Waals surface area contributed by atoms with E-state index in [1.54, 1.807) is 0 Å². The lowest BCUT2D eigenvalue weighted by atomic mass is 9.59. The van der Waals surface area contributed by atoms with Crippen LogP contribution in [0.2, 0.25) is 0 Å². The average Bonchev–Trinajstić information content (AvgIpc) is 2.74. The van der Waals surface area contributed by atoms with Crippen molar-refractivity contribution >= 4 is 0 Å². The van der Waals surface area contributed by atoms with Crippen molar-refractivity contribution in [3.05, 3.63) is 35.9 Å². The summed E-state index contributed by atoms with van der Waals surface area (Å²) in [6, 6.07) is 10.5. The van der Waals surface area contributed by atoms with Crippen LogP contribution in [-0.4, -0.2) is 23.9 Å². The fourth-order valence-corrected chi connectivity index (χ4v) is 2.91. The summed E-state index contributed by atoms with van der Waals surface area (Å²) >= 11 is 0. The Balaban J connectivity index is 1.90. The number of aliphatic hydroxyl groups is 1. The monoisotopic (exact) mass is 190 g/mol. The topological polar surface area (TPSA) is 29.5 Å². The molecule has 2 heteroatoms. The van der Waals surface area contributed by atoms with Crippen molar-refractivity contribution in [2.75, 3.05) is 13.2 Å². The number of hydrogen-bond acceptors (Lipinski definition) is 2. The minimum Gasteiger partial charge on any atom is -0.393 e. The molecule has 2 bridgehead atoms. The molecule has 2 saturated heterocycles. The predicted molar refractivity (Wildman–Crippen MR) is 53.1 cm³/mol. The second kappa shape index (κ2) is 2.59. The Kier molecular flexibility index (Phi) is 1.56. The van der Waals surface area contributed by atoms with Gasteiger partial charge in [-0.05, 0) is 18.4 Å². The lowest BCUT2D eigenvalue weighted by Crippen LogP contribution is -2.49. The number of aliphatic hydroxyl groups excluding tert-OH is 1. The lowest BCUT2D eigenvalue weighted by molar-refractivity contribution is -0.0478. The molecule has 0 atom stereocenters. The second-order valence-electron chi connectivity index (χ2n) is 4.63. The van der Waals surface area contributed by atoms with Crippen molar-refractivity contribution in [3.8, 4) is 0 Å². The molecule has 3 fully saturated rings. The van der Waals surface area contributed by atoms with Crippen molar-refractivity contribution in [2.45, 2.75) is 23.9 Å². The van der Waals surface area contributed by atoms with Gasteiger partial charge >= 0.3 is 0 Å². The van der Waals surface area contributed by atoms with E-state index in [2.05, 4.69) is 24.3 Å². The van der Waals surface area contributed by atoms with E-state index < -0.39 is 0 Å². The van der Waals surface area contributed by atoms with Gasteiger partial charge in [0, 0.05) is 5.41 Å². The van der Waals surface area contributed by atoms with Gasteiger partial charge in [-0.2, -0.15) is 0 Å². The van der Waals surface area contributed by atoms with Gasteiger partial charge < -0.3 is 9.84 Å². The quantitative estimate of drug-likeness (QED) is 0.765. The van der Waals surface area contributed by atoms with Gasteiger partial charge in [0.05, 0.1) is 18.8 Å². The molecular formula is C12H14O2. The predicted octanol–water partition coefficient (Wildman–Crippen LogP) is 1.48. The Morgan fingerprint density at radius 1 is 1.21 bits per heavy atom. The van der Waals surface area contributed by atoms with E-state index in [1.807, 2.05) is 6.07 Å². The molecule has 74 valence electrons. The van der Waals surface area contributed by atoms with E-state index in [-0.39, 0.29) is 17.6 Å². The van der Waals surface area contributed by atoms with Crippen LogP contribution in [0.1, 0.15) is 18.4 Å². The normalized spacial score (nSPS) is 39.5. The Morgan fingerprint density at radius 3 is 2.50 bits per heavy atom. The van der Waals surface area contributed by atoms with Crippen LogP contribution in [0.5, 0.6) is 0 Å². The molecule has 2 aliphatic heterocycles. The number of rotatable bonds is 2. The zero-order valence-corrected chi connectivity index (χ0v) is 8.07. The third-order valence-corrected chi connectivity index (χ3v) is 3.65. The van der Waals surface area contributed by atoms with Crippen LogP contribution in [0.15, 0.2) is 30.3 Å². The summed E-state index contributed by atoms with van der Waals surface area (Å²) in [5, 5.41) is 9.20. The summed E-state index contributed by atoms with van der Waals surface area (Å²) in [7, 11) is 0. The van der Waals surface area contributed by atoms with Gasteiger partial charge in [0.25, 0.3) is 0 Å². The van der Waals surface area contributed by atoms with Crippen molar-refractivity contribution < 1.29 is 9.84 Å². The number of ether oxygens (including phenoxy) is 1. The van der Waals surface area contributed by atoms with Crippen molar-refractivity contribution in [1.82, 2.24) is 0 Å². The van der Waals surface area contributed by atoms with E-state index in [9.17, 15) is 5.11 Å². The van der Waals surface area contributed by atoms with Crippen LogP contribution in [0, 0.1) is 0 Å². The fraction of sp³-hybridized carbons (Fsp3) is 0.500. The minimum atomic E-state index is -0.199. The number of fused-ring (bicyclic) bond motifs is 1. The summed E-state index contributed by atoms with van der Waals surface area (Å²) in [5.41, 5.74) is 1.38. The molecule has 1 aliphatic carbocycles. The highest BCUT2D eigenvalue weighted by Crippen LogP contribution is 2.58. The van der Waals surface area contributed by atoms with Crippen LogP contribution < -0.4 is 0 Å². The van der Waals surface area contributed by atoms with Gasteiger partial charge in [0.2, 0.25) is 0 Å². The Morgan fingerprint density at radius 2 is 1.93 bits per heavy atom. The van der Waals surface area contributed by atoms with Gasteiger partial charge in [0.15, 0.2) is 0 Å². The van der Waals surface area contributed by atoms with Crippen LogP contribution in [-0.2, 0) is 10.2 Å². The zero-order chi connectivity index (χ0) is 9.65. The summed E-state index contributed by atoms with van der Waals surface area (Å²) in [4.78, 5) is 0. The molecule has 2 nitrogen and oxygen atoms in total. The molecule has 3 aliphatic rings. The van der Waals surface area contributed by atoms with Crippen LogP contribution in [0.25, 0.3) is 0 Å². The SMILES string of the molecule is OCC12CC(c3ccccc3)(CO1)C2. The van der Waals surface area contributed by atoms with Crippen molar-refractivity contribution in [3.63, 3.8) is 0 Å². The average molecular weight is 190 g/mol. The summed E-state index contributed by atoms with van der Waals surface area (Å²) in [6.45, 7) is 0.944. The van der Waals surface area contributed by atoms with E-state index in [4.69, 9.17) is 4.74 Å². The van der Waals surface area contributed by atoms with E-state index in [0.29, 0.717) is 0 Å². The van der Waals surface area contributed by atoms with E-state index >= 15 is 0 Å². The molecule has 0 unspecified atom stereocenters. The minimum absolute atomic E-state index is 0.168. The molecule has 2 heterocycles. The van der Waals surface area contributed by atoms with Crippen LogP contribution in [0.3, 0.4) is 0 Å². The van der Waals surface area contributed by atoms with E-state index in [0.717, 1.165) is 19.4 Å². The van der Waals surface area contributed by atoms with Gasteiger partial charge in [-0.3, -0.25) is 0 Å². The maximum atomic E-state index is 9.20. The largest absolute Gasteiger partial charge is 0.393 e. The Labute approximate surface area is 83.5 Å². The van der Waals surface area contributed by atoms with E-state index in [1.165, 1.54) is 5.56 Å². The first kappa shape index (κ1) is 8.45. The molecule has 1 aromatic carbocycles. The molecule has 1 N–H and O–H groups in total. The molecule has 1 saturated carbocycles. The number of hydrogen-bond donors (Lipinski definition) is 1. The third-order valence-electron chi connectivity index (χ3n) is 3.65. The van der Waals surface area contributed by atoms with Gasteiger partial charge in [-0.1, -0.05) is 30.3 Å². The molecule has 1 aromatic rings. The zero-order valence-electron chi connectivity index (χ0n) is 8.07. The first-order valence-electron chi connectivity index (χ1n) is 5.09. The fourth-order valence-electron chi connectivity index (χ4n) is 2.91. The molecule has 14 heavy (non-hydrogen) atoms. The first-order chi connectivity index (χ1) is 6.79. The molecule has 0 aromatic heterocycles.